The van der Waals surface area contributed by atoms with Crippen LogP contribution in [0.5, 0.6) is 0 Å². The van der Waals surface area contributed by atoms with Gasteiger partial charge in [-0.2, -0.15) is 5.26 Å². The second kappa shape index (κ2) is 8.54. The Kier molecular flexibility index (Phi) is 5.27. The number of nitriles is 1. The smallest absolute Gasteiger partial charge is 0.257 e. The zero-order valence-corrected chi connectivity index (χ0v) is 17.7. The maximum Gasteiger partial charge on any atom is 0.257 e. The van der Waals surface area contributed by atoms with Crippen LogP contribution in [-0.2, 0) is 6.54 Å². The highest BCUT2D eigenvalue weighted by Crippen LogP contribution is 2.36. The molecule has 0 aliphatic rings. The van der Waals surface area contributed by atoms with Crippen molar-refractivity contribution < 1.29 is 0 Å². The van der Waals surface area contributed by atoms with Gasteiger partial charge in [-0.1, -0.05) is 72.8 Å². The first-order valence-corrected chi connectivity index (χ1v) is 10.6. The number of nitrogens with zero attached hydrogens (tertiary/aromatic N) is 2. The summed E-state index contributed by atoms with van der Waals surface area (Å²) in [4.78, 5) is 20.7. The van der Waals surface area contributed by atoms with E-state index < -0.39 is 0 Å². The van der Waals surface area contributed by atoms with Crippen molar-refractivity contribution in [2.24, 2.45) is 5.73 Å². The van der Waals surface area contributed by atoms with E-state index in [0.717, 1.165) is 33.5 Å². The van der Waals surface area contributed by atoms with Crippen LogP contribution < -0.4 is 11.3 Å². The van der Waals surface area contributed by atoms with Crippen molar-refractivity contribution in [1.29, 1.82) is 5.26 Å². The number of pyridine rings is 2. The fourth-order valence-electron chi connectivity index (χ4n) is 4.05. The molecule has 5 nitrogen and oxygen atoms in total. The monoisotopic (exact) mass is 428 g/mol. The Labute approximate surface area is 190 Å². The highest BCUT2D eigenvalue weighted by atomic mass is 16.1. The molecule has 0 bridgehead atoms. The lowest BCUT2D eigenvalue weighted by molar-refractivity contribution is 1.07. The van der Waals surface area contributed by atoms with Crippen LogP contribution in [0, 0.1) is 11.3 Å². The van der Waals surface area contributed by atoms with Crippen LogP contribution in [0.4, 0.5) is 0 Å². The number of nitrogens with two attached hydrogens (primary N) is 1. The van der Waals surface area contributed by atoms with Gasteiger partial charge >= 0.3 is 0 Å². The zero-order chi connectivity index (χ0) is 22.8. The average Bonchev–Trinajstić information content (AvgIpc) is 2.89. The summed E-state index contributed by atoms with van der Waals surface area (Å²) >= 11 is 0. The zero-order valence-electron chi connectivity index (χ0n) is 17.7. The van der Waals surface area contributed by atoms with Crippen LogP contribution in [0.1, 0.15) is 11.1 Å². The van der Waals surface area contributed by atoms with Crippen LogP contribution in [0.3, 0.4) is 0 Å². The molecular weight excluding hydrogens is 408 g/mol. The van der Waals surface area contributed by atoms with Gasteiger partial charge in [0.2, 0.25) is 0 Å². The van der Waals surface area contributed by atoms with E-state index in [4.69, 9.17) is 10.7 Å². The minimum atomic E-state index is -0.224. The van der Waals surface area contributed by atoms with Gasteiger partial charge in [-0.3, -0.25) is 4.79 Å². The van der Waals surface area contributed by atoms with Crippen molar-refractivity contribution in [3.05, 3.63) is 113 Å². The van der Waals surface area contributed by atoms with Crippen LogP contribution >= 0.6 is 0 Å². The fraction of sp³-hybridized carbons (Fsp3) is 0.0357. The molecule has 5 rings (SSSR count). The molecule has 3 N–H and O–H groups in total. The van der Waals surface area contributed by atoms with Crippen molar-refractivity contribution in [3.8, 4) is 39.6 Å². The SMILES string of the molecule is N#Cc1ccccc1-c1c[nH]c(=O)c2cc(-c3ccccc3)c(-c3ccc(CN)cc3)nc12. The average molecular weight is 428 g/mol. The maximum atomic E-state index is 12.9. The van der Waals surface area contributed by atoms with E-state index in [0.29, 0.717) is 28.6 Å². The number of hydrogen-bond donors (Lipinski definition) is 2. The van der Waals surface area contributed by atoms with E-state index in [1.807, 2.05) is 78.9 Å². The molecule has 0 radical (unpaired) electrons. The highest BCUT2D eigenvalue weighted by molar-refractivity contribution is 5.99. The van der Waals surface area contributed by atoms with Gasteiger partial charge in [-0.15, -0.1) is 0 Å². The van der Waals surface area contributed by atoms with Gasteiger partial charge in [0, 0.05) is 35.0 Å². The van der Waals surface area contributed by atoms with Crippen molar-refractivity contribution in [2.75, 3.05) is 0 Å². The van der Waals surface area contributed by atoms with Crippen molar-refractivity contribution in [2.45, 2.75) is 6.54 Å². The summed E-state index contributed by atoms with van der Waals surface area (Å²) in [6.45, 7) is 0.460. The molecule has 2 aromatic heterocycles. The van der Waals surface area contributed by atoms with Crippen molar-refractivity contribution >= 4 is 10.9 Å². The number of rotatable bonds is 4. The maximum absolute atomic E-state index is 12.9. The largest absolute Gasteiger partial charge is 0.328 e. The van der Waals surface area contributed by atoms with Crippen molar-refractivity contribution in [3.63, 3.8) is 0 Å². The highest BCUT2D eigenvalue weighted by Gasteiger charge is 2.17. The molecule has 0 saturated carbocycles. The number of aromatic amines is 1. The Morgan fingerprint density at radius 3 is 2.30 bits per heavy atom. The summed E-state index contributed by atoms with van der Waals surface area (Å²) in [7, 11) is 0. The van der Waals surface area contributed by atoms with Gasteiger partial charge in [0.1, 0.15) is 0 Å². The second-order valence-electron chi connectivity index (χ2n) is 7.74. The minimum absolute atomic E-state index is 0.224. The third-order valence-electron chi connectivity index (χ3n) is 5.76. The first-order chi connectivity index (χ1) is 16.2. The van der Waals surface area contributed by atoms with E-state index in [2.05, 4.69) is 11.1 Å². The van der Waals surface area contributed by atoms with Gasteiger partial charge in [-0.05, 0) is 23.3 Å². The summed E-state index contributed by atoms with van der Waals surface area (Å²) in [5.41, 5.74) is 12.6. The number of fused-ring (bicyclic) bond motifs is 1. The van der Waals surface area contributed by atoms with Gasteiger partial charge < -0.3 is 10.7 Å². The molecule has 0 amide bonds. The normalized spacial score (nSPS) is 10.8. The Balaban J connectivity index is 1.86. The van der Waals surface area contributed by atoms with E-state index in [1.54, 1.807) is 12.3 Å². The standard InChI is InChI=1S/C28H20N4O/c29-15-18-10-12-20(13-11-18)26-23(19-6-2-1-3-7-19)14-24-27(32-26)25(17-31-28(24)33)22-9-5-4-8-21(22)16-30/h1-14,17H,15,29H2,(H,31,33). The number of benzene rings is 3. The number of H-pyrrole nitrogens is 1. The van der Waals surface area contributed by atoms with Crippen LogP contribution in [0.2, 0.25) is 0 Å². The number of hydrogen-bond acceptors (Lipinski definition) is 4. The molecule has 0 saturated heterocycles. The minimum Gasteiger partial charge on any atom is -0.328 e. The summed E-state index contributed by atoms with van der Waals surface area (Å²) in [6, 6.07) is 29.3. The molecule has 5 heteroatoms. The van der Waals surface area contributed by atoms with Crippen LogP contribution in [0.25, 0.3) is 44.4 Å². The summed E-state index contributed by atoms with van der Waals surface area (Å²) in [5, 5.41) is 10.1. The molecule has 2 heterocycles. The predicted molar refractivity (Wildman–Crippen MR) is 131 cm³/mol. The molecule has 0 aliphatic heterocycles. The fourth-order valence-corrected chi connectivity index (χ4v) is 4.05. The number of aromatic nitrogens is 2. The van der Waals surface area contributed by atoms with E-state index >= 15 is 0 Å². The van der Waals surface area contributed by atoms with Crippen LogP contribution in [0.15, 0.2) is 95.9 Å². The quantitative estimate of drug-likeness (QED) is 0.408. The molecule has 33 heavy (non-hydrogen) atoms. The molecule has 0 atom stereocenters. The first kappa shape index (κ1) is 20.4. The molecule has 0 spiro atoms. The Bertz CT molecular complexity index is 1560. The third kappa shape index (κ3) is 3.69. The Hall–Kier alpha value is -4.53. The topological polar surface area (TPSA) is 95.6 Å². The second-order valence-corrected chi connectivity index (χ2v) is 7.74. The molecule has 0 aliphatic carbocycles. The number of nitrogens with one attached hydrogen (secondary N) is 1. The van der Waals surface area contributed by atoms with E-state index in [9.17, 15) is 10.1 Å². The lowest BCUT2D eigenvalue weighted by Gasteiger charge is -2.14. The van der Waals surface area contributed by atoms with E-state index in [1.165, 1.54) is 0 Å². The third-order valence-corrected chi connectivity index (χ3v) is 5.76. The Morgan fingerprint density at radius 1 is 0.848 bits per heavy atom. The predicted octanol–water partition coefficient (Wildman–Crippen LogP) is 5.25. The summed E-state index contributed by atoms with van der Waals surface area (Å²) in [5.74, 6) is 0. The molecule has 0 unspecified atom stereocenters. The lowest BCUT2D eigenvalue weighted by atomic mass is 9.95. The van der Waals surface area contributed by atoms with Gasteiger partial charge in [0.15, 0.2) is 0 Å². The van der Waals surface area contributed by atoms with E-state index in [-0.39, 0.29) is 5.56 Å². The van der Waals surface area contributed by atoms with Gasteiger partial charge in [0.05, 0.1) is 28.2 Å². The summed E-state index contributed by atoms with van der Waals surface area (Å²) < 4.78 is 0. The van der Waals surface area contributed by atoms with Crippen molar-refractivity contribution in [1.82, 2.24) is 9.97 Å². The lowest BCUT2D eigenvalue weighted by Crippen LogP contribution is -2.08. The van der Waals surface area contributed by atoms with Gasteiger partial charge in [0.25, 0.3) is 5.56 Å². The first-order valence-electron chi connectivity index (χ1n) is 10.6. The molecule has 5 aromatic rings. The van der Waals surface area contributed by atoms with Gasteiger partial charge in [-0.25, -0.2) is 4.98 Å². The Morgan fingerprint density at radius 2 is 1.58 bits per heavy atom. The summed E-state index contributed by atoms with van der Waals surface area (Å²) in [6.07, 6.45) is 1.64. The molecular formula is C28H20N4O. The molecule has 3 aromatic carbocycles. The molecule has 0 fully saturated rings. The molecule has 158 valence electrons. The van der Waals surface area contributed by atoms with Crippen LogP contribution in [-0.4, -0.2) is 9.97 Å².